The second-order valence-electron chi connectivity index (χ2n) is 7.47. The number of pyridine rings is 1. The van der Waals surface area contributed by atoms with E-state index in [4.69, 9.17) is 15.2 Å². The zero-order valence-corrected chi connectivity index (χ0v) is 17.8. The quantitative estimate of drug-likeness (QED) is 0.695. The molecule has 0 saturated carbocycles. The summed E-state index contributed by atoms with van der Waals surface area (Å²) in [4.78, 5) is 20.7. The smallest absolute Gasteiger partial charge is 0.274 e. The summed E-state index contributed by atoms with van der Waals surface area (Å²) in [6.45, 7) is 1.15. The molecule has 10 nitrogen and oxygen atoms in total. The summed E-state index contributed by atoms with van der Waals surface area (Å²) in [6.07, 6.45) is -0.436. The lowest BCUT2D eigenvalue weighted by atomic mass is 9.93. The van der Waals surface area contributed by atoms with Gasteiger partial charge in [-0.05, 0) is 25.1 Å². The molecule has 3 heterocycles. The molecule has 0 saturated heterocycles. The first kappa shape index (κ1) is 21.7. The zero-order chi connectivity index (χ0) is 23.3. The Kier molecular flexibility index (Phi) is 5.15. The van der Waals surface area contributed by atoms with Crippen LogP contribution in [0.25, 0.3) is 0 Å². The first-order valence-electron chi connectivity index (χ1n) is 9.35. The minimum atomic E-state index is -3.82. The number of benzene rings is 1. The maximum atomic E-state index is 14.7. The van der Waals surface area contributed by atoms with Crippen molar-refractivity contribution in [1.29, 1.82) is 0 Å². The predicted octanol–water partition coefficient (Wildman–Crippen LogP) is 1.34. The van der Waals surface area contributed by atoms with E-state index in [1.165, 1.54) is 38.4 Å². The average molecular weight is 467 g/mol. The Morgan fingerprint density at radius 1 is 1.34 bits per heavy atom. The Bertz CT molecular complexity index is 1240. The number of anilines is 1. The molecule has 0 spiro atoms. The van der Waals surface area contributed by atoms with Gasteiger partial charge in [0, 0.05) is 24.4 Å². The van der Waals surface area contributed by atoms with E-state index in [1.807, 2.05) is 0 Å². The number of carbonyl (C=O) groups is 1. The molecule has 2 aliphatic heterocycles. The van der Waals surface area contributed by atoms with Crippen molar-refractivity contribution >= 4 is 27.6 Å². The molecule has 2 aromatic rings. The van der Waals surface area contributed by atoms with E-state index in [-0.39, 0.29) is 41.0 Å². The Hall–Kier alpha value is -3.48. The van der Waals surface area contributed by atoms with Crippen LogP contribution < -0.4 is 20.5 Å². The molecule has 1 aromatic carbocycles. The molecular formula is C19H19F2N5O5S. The number of aromatic nitrogens is 1. The molecule has 1 amide bonds. The topological polar surface area (TPSA) is 136 Å². The Labute approximate surface area is 182 Å². The molecule has 0 fully saturated rings. The van der Waals surface area contributed by atoms with Crippen LogP contribution in [0.4, 0.5) is 14.5 Å². The lowest BCUT2D eigenvalue weighted by molar-refractivity contribution is -0.00330. The van der Waals surface area contributed by atoms with Crippen LogP contribution in [0.15, 0.2) is 35.5 Å². The van der Waals surface area contributed by atoms with Crippen LogP contribution >= 0.6 is 0 Å². The van der Waals surface area contributed by atoms with E-state index in [2.05, 4.69) is 15.3 Å². The highest BCUT2D eigenvalue weighted by Crippen LogP contribution is 2.35. The summed E-state index contributed by atoms with van der Waals surface area (Å²) in [5, 5.41) is 2.54. The van der Waals surface area contributed by atoms with Crippen molar-refractivity contribution in [2.45, 2.75) is 18.8 Å². The second kappa shape index (κ2) is 7.58. The number of rotatable bonds is 3. The maximum Gasteiger partial charge on any atom is 0.274 e. The summed E-state index contributed by atoms with van der Waals surface area (Å²) in [6, 6.07) is 4.88. The Balaban J connectivity index is 1.63. The molecule has 3 N–H and O–H groups in total. The fraction of sp³-hybridized carbons (Fsp3) is 0.316. The van der Waals surface area contributed by atoms with Crippen molar-refractivity contribution in [1.82, 2.24) is 9.29 Å². The van der Waals surface area contributed by atoms with Gasteiger partial charge in [-0.1, -0.05) is 0 Å². The van der Waals surface area contributed by atoms with E-state index >= 15 is 0 Å². The van der Waals surface area contributed by atoms with Crippen LogP contribution in [0.3, 0.4) is 0 Å². The van der Waals surface area contributed by atoms with Crippen molar-refractivity contribution < 1.29 is 31.5 Å². The molecule has 13 heteroatoms. The van der Waals surface area contributed by atoms with Crippen molar-refractivity contribution in [2.24, 2.45) is 10.7 Å². The largest absolute Gasteiger partial charge is 0.481 e. The summed E-state index contributed by atoms with van der Waals surface area (Å²) < 4.78 is 63.8. The third-order valence-electron chi connectivity index (χ3n) is 5.06. The molecule has 0 aliphatic carbocycles. The number of fused-ring (bicyclic) bond motifs is 1. The number of guanidine groups is 1. The standard InChI is InChI=1S/C19H19F2N5O5S/c1-19(9-32(28,29)26(2)18(22)25-19)11-5-10(3-4-12(11)20)24-17(27)13-6-14-15(7-23-13)30-8-16(21)31-14/h3-7,16H,8-9H2,1-2H3,(H2,22,25)(H,24,27)/t16-,19-/m0/s1. The maximum absolute atomic E-state index is 14.7. The normalized spacial score (nSPS) is 23.9. The number of nitrogens with zero attached hydrogens (tertiary/aromatic N) is 3. The van der Waals surface area contributed by atoms with Gasteiger partial charge in [-0.2, -0.15) is 4.39 Å². The molecule has 0 radical (unpaired) electrons. The van der Waals surface area contributed by atoms with Gasteiger partial charge in [0.05, 0.1) is 11.9 Å². The minimum absolute atomic E-state index is 0.0255. The van der Waals surface area contributed by atoms with Crippen molar-refractivity contribution in [3.63, 3.8) is 0 Å². The van der Waals surface area contributed by atoms with Crippen LogP contribution in [0, 0.1) is 5.82 Å². The molecule has 32 heavy (non-hydrogen) atoms. The number of sulfonamides is 1. The lowest BCUT2D eigenvalue weighted by Crippen LogP contribution is -2.50. The van der Waals surface area contributed by atoms with Gasteiger partial charge in [-0.15, -0.1) is 0 Å². The lowest BCUT2D eigenvalue weighted by Gasteiger charge is -2.34. The van der Waals surface area contributed by atoms with E-state index < -0.39 is 39.4 Å². The highest BCUT2D eigenvalue weighted by Gasteiger charge is 2.41. The predicted molar refractivity (Wildman–Crippen MR) is 110 cm³/mol. The number of halogens is 2. The third kappa shape index (κ3) is 3.90. The van der Waals surface area contributed by atoms with Gasteiger partial charge in [0.15, 0.2) is 18.1 Å². The van der Waals surface area contributed by atoms with Crippen LogP contribution in [-0.4, -0.2) is 55.3 Å². The fourth-order valence-electron chi connectivity index (χ4n) is 3.37. The zero-order valence-electron chi connectivity index (χ0n) is 17.0. The second-order valence-corrected chi connectivity index (χ2v) is 9.47. The molecule has 2 atom stereocenters. The van der Waals surface area contributed by atoms with Crippen LogP contribution in [0.5, 0.6) is 11.5 Å². The van der Waals surface area contributed by atoms with Crippen LogP contribution in [-0.2, 0) is 15.6 Å². The fourth-order valence-corrected chi connectivity index (χ4v) is 4.82. The van der Waals surface area contributed by atoms with E-state index in [1.54, 1.807) is 0 Å². The molecule has 0 bridgehead atoms. The number of aliphatic imine (C=N–C) groups is 1. The van der Waals surface area contributed by atoms with Gasteiger partial charge in [-0.25, -0.2) is 27.1 Å². The van der Waals surface area contributed by atoms with Gasteiger partial charge < -0.3 is 20.5 Å². The number of nitrogens with one attached hydrogen (secondary N) is 1. The van der Waals surface area contributed by atoms with Gasteiger partial charge in [0.2, 0.25) is 16.0 Å². The highest BCUT2D eigenvalue weighted by molar-refractivity contribution is 7.89. The van der Waals surface area contributed by atoms with Crippen molar-refractivity contribution in [3.8, 4) is 11.5 Å². The number of amides is 1. The number of nitrogens with two attached hydrogens (primary N) is 1. The highest BCUT2D eigenvalue weighted by atomic mass is 32.2. The van der Waals surface area contributed by atoms with Crippen molar-refractivity contribution in [3.05, 3.63) is 47.5 Å². The van der Waals surface area contributed by atoms with Gasteiger partial charge in [0.25, 0.3) is 12.3 Å². The van der Waals surface area contributed by atoms with Crippen LogP contribution in [0.2, 0.25) is 0 Å². The van der Waals surface area contributed by atoms with Crippen molar-refractivity contribution in [2.75, 3.05) is 24.7 Å². The van der Waals surface area contributed by atoms with Gasteiger partial charge >= 0.3 is 0 Å². The first-order chi connectivity index (χ1) is 15.0. The van der Waals surface area contributed by atoms with Crippen LogP contribution in [0.1, 0.15) is 23.0 Å². The number of hydrogen-bond donors (Lipinski definition) is 2. The Morgan fingerprint density at radius 3 is 2.81 bits per heavy atom. The molecule has 170 valence electrons. The number of carbonyl (C=O) groups excluding carboxylic acids is 1. The molecular weight excluding hydrogens is 448 g/mol. The summed E-state index contributed by atoms with van der Waals surface area (Å²) in [7, 11) is -2.56. The molecule has 2 aliphatic rings. The molecule has 4 rings (SSSR count). The Morgan fingerprint density at radius 2 is 2.09 bits per heavy atom. The number of ether oxygens (including phenoxy) is 2. The monoisotopic (exact) mass is 467 g/mol. The summed E-state index contributed by atoms with van der Waals surface area (Å²) in [5.41, 5.74) is 4.22. The molecule has 0 unspecified atom stereocenters. The van der Waals surface area contributed by atoms with Gasteiger partial charge in [0.1, 0.15) is 17.1 Å². The third-order valence-corrected chi connectivity index (χ3v) is 7.01. The number of hydrogen-bond acceptors (Lipinski definition) is 8. The minimum Gasteiger partial charge on any atom is -0.481 e. The number of alkyl halides is 1. The van der Waals surface area contributed by atoms with Gasteiger partial charge in [-0.3, -0.25) is 4.79 Å². The summed E-state index contributed by atoms with van der Waals surface area (Å²) >= 11 is 0. The van der Waals surface area contributed by atoms with E-state index in [0.29, 0.717) is 0 Å². The SMILES string of the molecule is CN1C(N)=N[C@](C)(c2cc(NC(=O)c3cc4c(cn3)OC[C@@H](F)O4)ccc2F)CS1(=O)=O. The van der Waals surface area contributed by atoms with E-state index in [0.717, 1.165) is 10.4 Å². The van der Waals surface area contributed by atoms with E-state index in [9.17, 15) is 22.0 Å². The molecule has 1 aromatic heterocycles. The summed E-state index contributed by atoms with van der Waals surface area (Å²) in [5.74, 6) is -1.96. The average Bonchev–Trinajstić information content (AvgIpc) is 2.72. The first-order valence-corrected chi connectivity index (χ1v) is 11.0.